The van der Waals surface area contributed by atoms with Crippen LogP contribution in [0.4, 0.5) is 0 Å². The molecule has 0 spiro atoms. The fourth-order valence-corrected chi connectivity index (χ4v) is 0.716. The number of rotatable bonds is 1. The third kappa shape index (κ3) is 0.831. The third-order valence-electron chi connectivity index (χ3n) is 1.22. The van der Waals surface area contributed by atoms with Gasteiger partial charge in [-0.25, -0.2) is 10.1 Å². The van der Waals surface area contributed by atoms with Crippen LogP contribution in [-0.4, -0.2) is 28.3 Å². The van der Waals surface area contributed by atoms with Crippen molar-refractivity contribution in [3.63, 3.8) is 0 Å². The summed E-state index contributed by atoms with van der Waals surface area (Å²) in [6, 6.07) is 0. The highest BCUT2D eigenvalue weighted by molar-refractivity contribution is 6.37. The number of amides is 1. The summed E-state index contributed by atoms with van der Waals surface area (Å²) < 4.78 is 0. The van der Waals surface area contributed by atoms with Crippen molar-refractivity contribution in [3.8, 4) is 0 Å². The van der Waals surface area contributed by atoms with Gasteiger partial charge in [-0.15, -0.1) is 0 Å². The summed E-state index contributed by atoms with van der Waals surface area (Å²) in [5, 5.41) is 9.37. The van der Waals surface area contributed by atoms with Crippen molar-refractivity contribution in [1.29, 1.82) is 0 Å². The molecule has 0 aromatic heterocycles. The second kappa shape index (κ2) is 2.05. The average molecular weight is 144 g/mol. The number of carbonyl (C=O) groups is 2. The molecule has 1 amide bonds. The maximum Gasteiger partial charge on any atom is 0.349 e. The summed E-state index contributed by atoms with van der Waals surface area (Å²) in [6.45, 7) is -0.0926. The van der Waals surface area contributed by atoms with Gasteiger partial charge in [0.2, 0.25) is 5.78 Å². The van der Waals surface area contributed by atoms with E-state index in [1.807, 2.05) is 0 Å². The van der Waals surface area contributed by atoms with Crippen LogP contribution in [0.1, 0.15) is 6.42 Å². The van der Waals surface area contributed by atoms with Crippen LogP contribution >= 0.6 is 0 Å². The van der Waals surface area contributed by atoms with Gasteiger partial charge in [0, 0.05) is 6.42 Å². The van der Waals surface area contributed by atoms with Gasteiger partial charge < -0.3 is 0 Å². The minimum Gasteiger partial charge on any atom is -0.288 e. The van der Waals surface area contributed by atoms with Crippen LogP contribution in [0, 0.1) is 10.1 Å². The number of carbonyl (C=O) groups excluding carboxylic acids is 2. The first-order valence-corrected chi connectivity index (χ1v) is 2.62. The summed E-state index contributed by atoms with van der Waals surface area (Å²) in [5.41, 5.74) is 0. The summed E-state index contributed by atoms with van der Waals surface area (Å²) in [4.78, 5) is 30.8. The highest BCUT2D eigenvalue weighted by Crippen LogP contribution is 2.04. The summed E-state index contributed by atoms with van der Waals surface area (Å²) in [7, 11) is 0. The van der Waals surface area contributed by atoms with Gasteiger partial charge in [0.25, 0.3) is 0 Å². The van der Waals surface area contributed by atoms with Crippen molar-refractivity contribution in [1.82, 2.24) is 5.01 Å². The van der Waals surface area contributed by atoms with E-state index in [1.165, 1.54) is 0 Å². The molecule has 1 aliphatic heterocycles. The standard InChI is InChI=1S/C4H4N2O4/c7-3-1-2-5(4(3)8)6(9)10/h1-2H2. The van der Waals surface area contributed by atoms with Gasteiger partial charge in [0.05, 0.1) is 6.54 Å². The van der Waals surface area contributed by atoms with Gasteiger partial charge in [-0.1, -0.05) is 5.01 Å². The first-order valence-electron chi connectivity index (χ1n) is 2.62. The second-order valence-electron chi connectivity index (χ2n) is 1.84. The Kier molecular flexibility index (Phi) is 1.37. The predicted molar refractivity (Wildman–Crippen MR) is 28.3 cm³/mol. The van der Waals surface area contributed by atoms with Gasteiger partial charge in [-0.2, -0.15) is 0 Å². The lowest BCUT2D eigenvalue weighted by atomic mass is 10.3. The second-order valence-corrected chi connectivity index (χ2v) is 1.84. The molecule has 0 radical (unpaired) electrons. The molecule has 0 atom stereocenters. The molecule has 1 fully saturated rings. The molecule has 0 unspecified atom stereocenters. The summed E-state index contributed by atoms with van der Waals surface area (Å²) in [5.74, 6) is -1.69. The van der Waals surface area contributed by atoms with Crippen molar-refractivity contribution in [2.75, 3.05) is 6.54 Å². The van der Waals surface area contributed by atoms with Crippen LogP contribution in [0.15, 0.2) is 0 Å². The molecule has 0 aromatic carbocycles. The molecular weight excluding hydrogens is 140 g/mol. The molecule has 0 saturated carbocycles. The summed E-state index contributed by atoms with van der Waals surface area (Å²) >= 11 is 0. The Balaban J connectivity index is 2.76. The number of ketones is 1. The van der Waals surface area contributed by atoms with Crippen molar-refractivity contribution in [2.24, 2.45) is 0 Å². The molecule has 0 N–H and O–H groups in total. The Morgan fingerprint density at radius 2 is 2.10 bits per heavy atom. The fourth-order valence-electron chi connectivity index (χ4n) is 0.716. The number of hydrazine groups is 1. The molecule has 6 nitrogen and oxygen atoms in total. The Morgan fingerprint density at radius 1 is 1.50 bits per heavy atom. The zero-order valence-corrected chi connectivity index (χ0v) is 4.94. The Bertz CT molecular complexity index is 211. The van der Waals surface area contributed by atoms with Crippen LogP contribution in [0.5, 0.6) is 0 Å². The Labute approximate surface area is 55.5 Å². The van der Waals surface area contributed by atoms with E-state index in [2.05, 4.69) is 0 Å². The van der Waals surface area contributed by atoms with Crippen molar-refractivity contribution in [3.05, 3.63) is 10.1 Å². The number of Topliss-reactive ketones (excluding diaryl/α,β-unsaturated/α-hetero) is 1. The largest absolute Gasteiger partial charge is 0.349 e. The van der Waals surface area contributed by atoms with Crippen LogP contribution in [0.2, 0.25) is 0 Å². The lowest BCUT2D eigenvalue weighted by molar-refractivity contribution is -0.631. The first-order chi connectivity index (χ1) is 4.63. The predicted octanol–water partition coefficient (Wildman–Crippen LogP) is -1.02. The topological polar surface area (TPSA) is 80.5 Å². The Hall–Kier alpha value is -1.46. The first kappa shape index (κ1) is 6.66. The van der Waals surface area contributed by atoms with Gasteiger partial charge in [-0.05, 0) is 0 Å². The smallest absolute Gasteiger partial charge is 0.288 e. The van der Waals surface area contributed by atoms with Crippen molar-refractivity contribution < 1.29 is 14.6 Å². The summed E-state index contributed by atoms with van der Waals surface area (Å²) in [6.07, 6.45) is -0.0419. The van der Waals surface area contributed by atoms with Crippen LogP contribution in [-0.2, 0) is 9.59 Å². The quantitative estimate of drug-likeness (QED) is 0.268. The van der Waals surface area contributed by atoms with Crippen LogP contribution < -0.4 is 0 Å². The lowest BCUT2D eigenvalue weighted by Crippen LogP contribution is -2.32. The van der Waals surface area contributed by atoms with Crippen molar-refractivity contribution in [2.45, 2.75) is 6.42 Å². The third-order valence-corrected chi connectivity index (χ3v) is 1.22. The van der Waals surface area contributed by atoms with E-state index in [0.717, 1.165) is 0 Å². The molecule has 1 aliphatic rings. The molecule has 0 bridgehead atoms. The van der Waals surface area contributed by atoms with E-state index in [-0.39, 0.29) is 13.0 Å². The van der Waals surface area contributed by atoms with Crippen LogP contribution in [0.3, 0.4) is 0 Å². The fraction of sp³-hybridized carbons (Fsp3) is 0.500. The highest BCUT2D eigenvalue weighted by atomic mass is 16.7. The molecular formula is C4H4N2O4. The molecule has 1 rings (SSSR count). The van der Waals surface area contributed by atoms with Gasteiger partial charge >= 0.3 is 5.91 Å². The van der Waals surface area contributed by atoms with E-state index < -0.39 is 16.7 Å². The maximum absolute atomic E-state index is 10.5. The van der Waals surface area contributed by atoms with E-state index in [0.29, 0.717) is 5.01 Å². The minimum absolute atomic E-state index is 0.0419. The van der Waals surface area contributed by atoms with Gasteiger partial charge in [-0.3, -0.25) is 9.59 Å². The number of hydrogen-bond donors (Lipinski definition) is 0. The van der Waals surface area contributed by atoms with E-state index in [9.17, 15) is 19.7 Å². The van der Waals surface area contributed by atoms with E-state index in [4.69, 9.17) is 0 Å². The highest BCUT2D eigenvalue weighted by Gasteiger charge is 2.37. The van der Waals surface area contributed by atoms with Gasteiger partial charge in [0.1, 0.15) is 0 Å². The molecule has 1 heterocycles. The Morgan fingerprint density at radius 3 is 2.30 bits per heavy atom. The SMILES string of the molecule is O=C1CCN([N+](=O)[O-])C1=O. The van der Waals surface area contributed by atoms with Gasteiger partial charge in [0.15, 0.2) is 5.03 Å². The zero-order chi connectivity index (χ0) is 7.72. The molecule has 10 heavy (non-hydrogen) atoms. The van der Waals surface area contributed by atoms with E-state index in [1.54, 1.807) is 0 Å². The number of nitrogens with zero attached hydrogens (tertiary/aromatic N) is 2. The number of hydrogen-bond acceptors (Lipinski definition) is 4. The van der Waals surface area contributed by atoms with Crippen molar-refractivity contribution >= 4 is 11.7 Å². The molecule has 54 valence electrons. The monoisotopic (exact) mass is 144 g/mol. The average Bonchev–Trinajstić information content (AvgIpc) is 2.14. The van der Waals surface area contributed by atoms with Crippen LogP contribution in [0.25, 0.3) is 0 Å². The molecule has 6 heteroatoms. The zero-order valence-electron chi connectivity index (χ0n) is 4.94. The number of nitro groups is 1. The minimum atomic E-state index is -1.01. The molecule has 0 aliphatic carbocycles. The maximum atomic E-state index is 10.5. The molecule has 0 aromatic rings. The lowest BCUT2D eigenvalue weighted by Gasteiger charge is -1.98. The normalized spacial score (nSPS) is 18.2. The van der Waals surface area contributed by atoms with E-state index >= 15 is 0 Å². The molecule has 1 saturated heterocycles.